The summed E-state index contributed by atoms with van der Waals surface area (Å²) in [6.07, 6.45) is 2.54. The van der Waals surface area contributed by atoms with E-state index >= 15 is 0 Å². The van der Waals surface area contributed by atoms with Crippen LogP contribution >= 0.6 is 0 Å². The van der Waals surface area contributed by atoms with Crippen LogP contribution < -0.4 is 0 Å². The van der Waals surface area contributed by atoms with Crippen molar-refractivity contribution in [2.75, 3.05) is 7.11 Å². The Balaban J connectivity index is 2.07. The minimum absolute atomic E-state index is 0.257. The fraction of sp³-hybridized carbons (Fsp3) is 0.267. The van der Waals surface area contributed by atoms with E-state index < -0.39 is 5.97 Å². The molecule has 1 aromatic heterocycles. The summed E-state index contributed by atoms with van der Waals surface area (Å²) in [5.74, 6) is 0.120. The van der Waals surface area contributed by atoms with E-state index in [1.54, 1.807) is 12.3 Å². The summed E-state index contributed by atoms with van der Waals surface area (Å²) in [6.45, 7) is 2.11. The Bertz CT molecular complexity index is 514. The quantitative estimate of drug-likeness (QED) is 0.774. The van der Waals surface area contributed by atoms with Gasteiger partial charge in [-0.05, 0) is 29.5 Å². The van der Waals surface area contributed by atoms with Gasteiger partial charge >= 0.3 is 5.97 Å². The van der Waals surface area contributed by atoms with Crippen molar-refractivity contribution >= 4 is 5.97 Å². The molecule has 2 rings (SSSR count). The lowest BCUT2D eigenvalue weighted by Gasteiger charge is -2.08. The molecule has 0 radical (unpaired) electrons. The van der Waals surface area contributed by atoms with Crippen molar-refractivity contribution < 1.29 is 13.9 Å². The third-order valence-corrected chi connectivity index (χ3v) is 2.96. The second-order valence-corrected chi connectivity index (χ2v) is 4.33. The molecule has 3 nitrogen and oxygen atoms in total. The van der Waals surface area contributed by atoms with Gasteiger partial charge in [0.05, 0.1) is 13.4 Å². The number of carbonyl (C=O) groups is 1. The van der Waals surface area contributed by atoms with Crippen molar-refractivity contribution in [2.24, 2.45) is 0 Å². The molecule has 0 aliphatic heterocycles. The highest BCUT2D eigenvalue weighted by Gasteiger charge is 2.15. The molecule has 1 atom stereocenters. The normalized spacial score (nSPS) is 12.1. The number of rotatable bonds is 4. The van der Waals surface area contributed by atoms with Crippen LogP contribution in [0.1, 0.15) is 34.5 Å². The minimum atomic E-state index is -0.437. The Morgan fingerprint density at radius 2 is 2.06 bits per heavy atom. The molecular weight excluding hydrogens is 228 g/mol. The summed E-state index contributed by atoms with van der Waals surface area (Å²) in [7, 11) is 1.35. The molecular formula is C15H16O3. The first-order valence-corrected chi connectivity index (χ1v) is 5.91. The van der Waals surface area contributed by atoms with Crippen LogP contribution in [-0.2, 0) is 11.2 Å². The molecule has 0 aliphatic rings. The Kier molecular flexibility index (Phi) is 3.82. The molecule has 0 bridgehead atoms. The summed E-state index contributed by atoms with van der Waals surface area (Å²) in [5, 5.41) is 0. The van der Waals surface area contributed by atoms with E-state index in [1.807, 2.05) is 18.2 Å². The van der Waals surface area contributed by atoms with Gasteiger partial charge in [0.1, 0.15) is 0 Å². The molecule has 0 aliphatic carbocycles. The highest BCUT2D eigenvalue weighted by Crippen LogP contribution is 2.22. The zero-order valence-corrected chi connectivity index (χ0v) is 10.6. The highest BCUT2D eigenvalue weighted by molar-refractivity contribution is 5.86. The smallest absolute Gasteiger partial charge is 0.373 e. The first-order chi connectivity index (χ1) is 8.70. The maximum Gasteiger partial charge on any atom is 0.373 e. The van der Waals surface area contributed by atoms with E-state index in [2.05, 4.69) is 23.8 Å². The number of hydrogen-bond acceptors (Lipinski definition) is 3. The maximum atomic E-state index is 11.3. The average molecular weight is 244 g/mol. The molecule has 1 heterocycles. The van der Waals surface area contributed by atoms with Gasteiger partial charge in [-0.2, -0.15) is 0 Å². The van der Waals surface area contributed by atoms with Gasteiger partial charge in [-0.1, -0.05) is 37.3 Å². The van der Waals surface area contributed by atoms with Gasteiger partial charge in [0, 0.05) is 0 Å². The molecule has 1 aromatic carbocycles. The van der Waals surface area contributed by atoms with E-state index in [0.717, 1.165) is 12.0 Å². The molecule has 1 unspecified atom stereocenters. The van der Waals surface area contributed by atoms with Gasteiger partial charge in [0.15, 0.2) is 0 Å². The van der Waals surface area contributed by atoms with E-state index in [1.165, 1.54) is 12.7 Å². The predicted molar refractivity (Wildman–Crippen MR) is 68.6 cm³/mol. The van der Waals surface area contributed by atoms with Gasteiger partial charge in [-0.3, -0.25) is 0 Å². The van der Waals surface area contributed by atoms with E-state index in [9.17, 15) is 4.79 Å². The summed E-state index contributed by atoms with van der Waals surface area (Å²) in [6, 6.07) is 12.0. The average Bonchev–Trinajstić information content (AvgIpc) is 2.88. The maximum absolute atomic E-state index is 11.3. The summed E-state index contributed by atoms with van der Waals surface area (Å²) < 4.78 is 9.82. The SMILES string of the molecule is COC(=O)c1cc(C(C)Cc2ccccc2)co1. The lowest BCUT2D eigenvalue weighted by atomic mass is 9.96. The number of carbonyl (C=O) groups excluding carboxylic acids is 1. The molecule has 94 valence electrons. The van der Waals surface area contributed by atoms with E-state index in [4.69, 9.17) is 4.42 Å². The molecule has 2 aromatic rings. The largest absolute Gasteiger partial charge is 0.463 e. The first-order valence-electron chi connectivity index (χ1n) is 5.91. The van der Waals surface area contributed by atoms with Crippen LogP contribution in [0.15, 0.2) is 47.1 Å². The molecule has 0 spiro atoms. The van der Waals surface area contributed by atoms with Crippen LogP contribution in [0.3, 0.4) is 0 Å². The summed E-state index contributed by atoms with van der Waals surface area (Å²) in [5.41, 5.74) is 2.28. The highest BCUT2D eigenvalue weighted by atomic mass is 16.5. The van der Waals surface area contributed by atoms with E-state index in [0.29, 0.717) is 5.92 Å². The lowest BCUT2D eigenvalue weighted by molar-refractivity contribution is 0.0565. The topological polar surface area (TPSA) is 39.4 Å². The van der Waals surface area contributed by atoms with Gasteiger partial charge < -0.3 is 9.15 Å². The zero-order chi connectivity index (χ0) is 13.0. The molecule has 0 amide bonds. The Labute approximate surface area is 106 Å². The summed E-state index contributed by atoms with van der Waals surface area (Å²) >= 11 is 0. The lowest BCUT2D eigenvalue weighted by Crippen LogP contribution is -1.99. The van der Waals surface area contributed by atoms with Crippen molar-refractivity contribution in [1.29, 1.82) is 0 Å². The van der Waals surface area contributed by atoms with Gasteiger partial charge in [0.25, 0.3) is 0 Å². The Morgan fingerprint density at radius 1 is 1.33 bits per heavy atom. The molecule has 0 N–H and O–H groups in total. The number of hydrogen-bond donors (Lipinski definition) is 0. The third-order valence-electron chi connectivity index (χ3n) is 2.96. The van der Waals surface area contributed by atoms with Crippen LogP contribution in [-0.4, -0.2) is 13.1 Å². The van der Waals surface area contributed by atoms with Crippen LogP contribution in [0.4, 0.5) is 0 Å². The fourth-order valence-corrected chi connectivity index (χ4v) is 1.90. The predicted octanol–water partition coefficient (Wildman–Crippen LogP) is 3.41. The van der Waals surface area contributed by atoms with Crippen LogP contribution in [0, 0.1) is 0 Å². The molecule has 18 heavy (non-hydrogen) atoms. The zero-order valence-electron chi connectivity index (χ0n) is 10.6. The Morgan fingerprint density at radius 3 is 2.72 bits per heavy atom. The van der Waals surface area contributed by atoms with Crippen molar-refractivity contribution in [3.63, 3.8) is 0 Å². The number of furan rings is 1. The molecule has 3 heteroatoms. The number of ether oxygens (including phenoxy) is 1. The van der Waals surface area contributed by atoms with Crippen LogP contribution in [0.5, 0.6) is 0 Å². The fourth-order valence-electron chi connectivity index (χ4n) is 1.90. The van der Waals surface area contributed by atoms with Crippen LogP contribution in [0.2, 0.25) is 0 Å². The summed E-state index contributed by atoms with van der Waals surface area (Å²) in [4.78, 5) is 11.3. The minimum Gasteiger partial charge on any atom is -0.463 e. The number of methoxy groups -OCH3 is 1. The monoisotopic (exact) mass is 244 g/mol. The van der Waals surface area contributed by atoms with Crippen molar-refractivity contribution in [3.8, 4) is 0 Å². The number of esters is 1. The molecule has 0 fully saturated rings. The van der Waals surface area contributed by atoms with Crippen LogP contribution in [0.25, 0.3) is 0 Å². The van der Waals surface area contributed by atoms with Crippen molar-refractivity contribution in [2.45, 2.75) is 19.3 Å². The van der Waals surface area contributed by atoms with E-state index in [-0.39, 0.29) is 5.76 Å². The standard InChI is InChI=1S/C15H16O3/c1-11(8-12-6-4-3-5-7-12)13-9-14(18-10-13)15(16)17-2/h3-7,9-11H,8H2,1-2H3. The molecule has 0 saturated heterocycles. The van der Waals surface area contributed by atoms with Gasteiger partial charge in [-0.25, -0.2) is 4.79 Å². The first kappa shape index (κ1) is 12.4. The second kappa shape index (κ2) is 5.54. The van der Waals surface area contributed by atoms with Gasteiger partial charge in [-0.15, -0.1) is 0 Å². The van der Waals surface area contributed by atoms with Crippen molar-refractivity contribution in [1.82, 2.24) is 0 Å². The molecule has 0 saturated carbocycles. The Hall–Kier alpha value is -2.03. The number of benzene rings is 1. The third kappa shape index (κ3) is 2.80. The second-order valence-electron chi connectivity index (χ2n) is 4.33. The van der Waals surface area contributed by atoms with Gasteiger partial charge in [0.2, 0.25) is 5.76 Å². The van der Waals surface area contributed by atoms with Crippen molar-refractivity contribution in [3.05, 3.63) is 59.5 Å².